The lowest BCUT2D eigenvalue weighted by atomic mass is 9.95. The zero-order valence-electron chi connectivity index (χ0n) is 12.5. The minimum absolute atomic E-state index is 0.396. The standard InChI is InChI=1S/C16H16N2O5/c1-8-4-5-10-13-9(8)3-2-6-18(13)16(23)12(14(10)21)15(22)17-7-11(19)20/h4-5,21H,2-3,6-7H2,1H3,(H,17,22)(H,19,20). The molecule has 0 spiro atoms. The number of aromatic hydroxyl groups is 1. The third-order valence-electron chi connectivity index (χ3n) is 4.17. The van der Waals surface area contributed by atoms with Crippen molar-refractivity contribution in [2.75, 3.05) is 6.54 Å². The average Bonchev–Trinajstić information content (AvgIpc) is 2.52. The van der Waals surface area contributed by atoms with Crippen LogP contribution in [0.1, 0.15) is 27.9 Å². The van der Waals surface area contributed by atoms with Gasteiger partial charge in [0, 0.05) is 11.9 Å². The number of carbonyl (C=O) groups is 2. The Morgan fingerprint density at radius 1 is 1.35 bits per heavy atom. The van der Waals surface area contributed by atoms with E-state index in [-0.39, 0.29) is 0 Å². The molecule has 3 rings (SSSR count). The second kappa shape index (κ2) is 5.42. The Bertz CT molecular complexity index is 898. The Labute approximate surface area is 131 Å². The summed E-state index contributed by atoms with van der Waals surface area (Å²) in [5.74, 6) is -2.50. The summed E-state index contributed by atoms with van der Waals surface area (Å²) in [6.07, 6.45) is 1.58. The summed E-state index contributed by atoms with van der Waals surface area (Å²) in [5.41, 5.74) is 1.69. The van der Waals surface area contributed by atoms with Crippen molar-refractivity contribution < 1.29 is 19.8 Å². The molecule has 0 unspecified atom stereocenters. The molecule has 120 valence electrons. The summed E-state index contributed by atoms with van der Waals surface area (Å²) >= 11 is 0. The summed E-state index contributed by atoms with van der Waals surface area (Å²) < 4.78 is 1.50. The fourth-order valence-corrected chi connectivity index (χ4v) is 3.10. The molecule has 2 aromatic rings. The molecule has 2 heterocycles. The SMILES string of the molecule is Cc1ccc2c(O)c(C(=O)NCC(=O)O)c(=O)n3c2c1CCC3. The van der Waals surface area contributed by atoms with Gasteiger partial charge >= 0.3 is 5.97 Å². The summed E-state index contributed by atoms with van der Waals surface area (Å²) in [6.45, 7) is 1.79. The maximum absolute atomic E-state index is 12.6. The molecular weight excluding hydrogens is 300 g/mol. The van der Waals surface area contributed by atoms with Gasteiger partial charge in [0.2, 0.25) is 0 Å². The number of aryl methyl sites for hydroxylation is 3. The largest absolute Gasteiger partial charge is 0.506 e. The molecule has 0 fully saturated rings. The first kappa shape index (κ1) is 15.1. The number of benzene rings is 1. The number of carbonyl (C=O) groups excluding carboxylic acids is 1. The first-order valence-electron chi connectivity index (χ1n) is 7.29. The van der Waals surface area contributed by atoms with E-state index in [9.17, 15) is 19.5 Å². The Morgan fingerprint density at radius 3 is 2.78 bits per heavy atom. The number of rotatable bonds is 3. The van der Waals surface area contributed by atoms with Crippen molar-refractivity contribution in [1.82, 2.24) is 9.88 Å². The first-order valence-corrected chi connectivity index (χ1v) is 7.29. The van der Waals surface area contributed by atoms with Crippen LogP contribution in [0.25, 0.3) is 10.9 Å². The molecule has 1 amide bonds. The van der Waals surface area contributed by atoms with Crippen LogP contribution in [0.2, 0.25) is 0 Å². The van der Waals surface area contributed by atoms with Crippen molar-refractivity contribution in [1.29, 1.82) is 0 Å². The van der Waals surface area contributed by atoms with Gasteiger partial charge in [0.25, 0.3) is 11.5 Å². The summed E-state index contributed by atoms with van der Waals surface area (Å²) in [6, 6.07) is 3.52. The molecule has 0 radical (unpaired) electrons. The lowest BCUT2D eigenvalue weighted by Crippen LogP contribution is -2.36. The van der Waals surface area contributed by atoms with Gasteiger partial charge in [0.15, 0.2) is 0 Å². The maximum atomic E-state index is 12.6. The van der Waals surface area contributed by atoms with Gasteiger partial charge in [-0.05, 0) is 37.0 Å². The molecule has 23 heavy (non-hydrogen) atoms. The van der Waals surface area contributed by atoms with E-state index in [1.165, 1.54) is 4.57 Å². The second-order valence-electron chi connectivity index (χ2n) is 5.62. The zero-order valence-corrected chi connectivity index (χ0v) is 12.5. The van der Waals surface area contributed by atoms with Crippen molar-refractivity contribution >= 4 is 22.8 Å². The highest BCUT2D eigenvalue weighted by Gasteiger charge is 2.25. The lowest BCUT2D eigenvalue weighted by molar-refractivity contribution is -0.135. The molecule has 0 atom stereocenters. The van der Waals surface area contributed by atoms with Gasteiger partial charge in [-0.1, -0.05) is 6.07 Å². The van der Waals surface area contributed by atoms with Gasteiger partial charge in [-0.25, -0.2) is 0 Å². The molecule has 0 saturated heterocycles. The van der Waals surface area contributed by atoms with Gasteiger partial charge in [-0.15, -0.1) is 0 Å². The summed E-state index contributed by atoms with van der Waals surface area (Å²) in [7, 11) is 0. The van der Waals surface area contributed by atoms with Crippen LogP contribution in [0.15, 0.2) is 16.9 Å². The molecule has 1 aromatic carbocycles. The fourth-order valence-electron chi connectivity index (χ4n) is 3.10. The van der Waals surface area contributed by atoms with Crippen molar-refractivity contribution in [3.8, 4) is 5.75 Å². The predicted octanol–water partition coefficient (Wildman–Crippen LogP) is 0.776. The van der Waals surface area contributed by atoms with Crippen molar-refractivity contribution in [2.24, 2.45) is 0 Å². The molecule has 1 aliphatic heterocycles. The number of carboxylic acid groups (broad SMARTS) is 1. The number of carboxylic acids is 1. The Hall–Kier alpha value is -2.83. The number of hydrogen-bond donors (Lipinski definition) is 3. The van der Waals surface area contributed by atoms with Crippen LogP contribution in [0.4, 0.5) is 0 Å². The number of aromatic nitrogens is 1. The lowest BCUT2D eigenvalue weighted by Gasteiger charge is -2.22. The summed E-state index contributed by atoms with van der Waals surface area (Å²) in [5, 5.41) is 21.6. The first-order chi connectivity index (χ1) is 10.9. The molecule has 3 N–H and O–H groups in total. The minimum Gasteiger partial charge on any atom is -0.506 e. The van der Waals surface area contributed by atoms with E-state index in [1.54, 1.807) is 6.07 Å². The number of pyridine rings is 1. The maximum Gasteiger partial charge on any atom is 0.322 e. The highest BCUT2D eigenvalue weighted by atomic mass is 16.4. The molecule has 0 aliphatic carbocycles. The average molecular weight is 316 g/mol. The van der Waals surface area contributed by atoms with Crippen LogP contribution in [0, 0.1) is 6.92 Å². The number of amides is 1. The normalized spacial score (nSPS) is 13.1. The third kappa shape index (κ3) is 2.34. The van der Waals surface area contributed by atoms with E-state index in [4.69, 9.17) is 5.11 Å². The molecule has 0 bridgehead atoms. The molecule has 7 nitrogen and oxygen atoms in total. The van der Waals surface area contributed by atoms with Crippen LogP contribution in [-0.2, 0) is 17.8 Å². The van der Waals surface area contributed by atoms with Crippen LogP contribution in [-0.4, -0.2) is 33.2 Å². The quantitative estimate of drug-likeness (QED) is 0.775. The van der Waals surface area contributed by atoms with Crippen LogP contribution in [0.5, 0.6) is 5.75 Å². The highest BCUT2D eigenvalue weighted by Crippen LogP contribution is 2.33. The monoisotopic (exact) mass is 316 g/mol. The predicted molar refractivity (Wildman–Crippen MR) is 82.9 cm³/mol. The third-order valence-corrected chi connectivity index (χ3v) is 4.17. The van der Waals surface area contributed by atoms with E-state index in [0.717, 1.165) is 24.0 Å². The molecule has 1 aromatic heterocycles. The van der Waals surface area contributed by atoms with Crippen LogP contribution in [0.3, 0.4) is 0 Å². The Balaban J connectivity index is 2.26. The number of nitrogens with zero attached hydrogens (tertiary/aromatic N) is 1. The van der Waals surface area contributed by atoms with Gasteiger partial charge in [0.05, 0.1) is 5.52 Å². The molecular formula is C16H16N2O5. The van der Waals surface area contributed by atoms with Crippen LogP contribution >= 0.6 is 0 Å². The van der Waals surface area contributed by atoms with Crippen molar-refractivity contribution in [3.05, 3.63) is 39.2 Å². The second-order valence-corrected chi connectivity index (χ2v) is 5.62. The van der Waals surface area contributed by atoms with E-state index in [1.807, 2.05) is 13.0 Å². The number of hydrogen-bond acceptors (Lipinski definition) is 4. The Morgan fingerprint density at radius 2 is 2.09 bits per heavy atom. The highest BCUT2D eigenvalue weighted by molar-refractivity contribution is 6.03. The van der Waals surface area contributed by atoms with Crippen LogP contribution < -0.4 is 10.9 Å². The summed E-state index contributed by atoms with van der Waals surface area (Å²) in [4.78, 5) is 35.3. The van der Waals surface area contributed by atoms with E-state index in [0.29, 0.717) is 17.4 Å². The molecule has 0 saturated carbocycles. The molecule has 7 heteroatoms. The Kier molecular flexibility index (Phi) is 3.55. The fraction of sp³-hybridized carbons (Fsp3) is 0.312. The topological polar surface area (TPSA) is 109 Å². The van der Waals surface area contributed by atoms with Crippen molar-refractivity contribution in [2.45, 2.75) is 26.3 Å². The van der Waals surface area contributed by atoms with Crippen molar-refractivity contribution in [3.63, 3.8) is 0 Å². The van der Waals surface area contributed by atoms with E-state index < -0.39 is 35.3 Å². The van der Waals surface area contributed by atoms with Gasteiger partial charge in [-0.2, -0.15) is 0 Å². The zero-order chi connectivity index (χ0) is 16.7. The van der Waals surface area contributed by atoms with Gasteiger partial charge in [0.1, 0.15) is 17.9 Å². The number of nitrogens with one attached hydrogen (secondary N) is 1. The minimum atomic E-state index is -1.22. The molecule has 1 aliphatic rings. The van der Waals surface area contributed by atoms with Gasteiger partial charge in [-0.3, -0.25) is 14.4 Å². The van der Waals surface area contributed by atoms with Gasteiger partial charge < -0.3 is 20.1 Å². The van der Waals surface area contributed by atoms with E-state index >= 15 is 0 Å². The number of aliphatic carboxylic acids is 1. The van der Waals surface area contributed by atoms with E-state index in [2.05, 4.69) is 5.32 Å². The smallest absolute Gasteiger partial charge is 0.322 e.